The number of aromatic nitrogens is 2. The summed E-state index contributed by atoms with van der Waals surface area (Å²) < 4.78 is 15.1. The predicted molar refractivity (Wildman–Crippen MR) is 55.1 cm³/mol. The van der Waals surface area contributed by atoms with Crippen molar-refractivity contribution in [3.8, 4) is 0 Å². The van der Waals surface area contributed by atoms with Crippen LogP contribution in [0.3, 0.4) is 0 Å². The molecule has 0 atom stereocenters. The summed E-state index contributed by atoms with van der Waals surface area (Å²) in [6.45, 7) is 1.76. The SMILES string of the molecule is COCCOCCc1noc(CCCl)n1. The maximum Gasteiger partial charge on any atom is 0.227 e. The molecule has 0 amide bonds. The van der Waals surface area contributed by atoms with Crippen LogP contribution in [0.2, 0.25) is 0 Å². The Labute approximate surface area is 93.7 Å². The van der Waals surface area contributed by atoms with Crippen LogP contribution in [0.15, 0.2) is 4.52 Å². The molecule has 15 heavy (non-hydrogen) atoms. The number of methoxy groups -OCH3 is 1. The maximum absolute atomic E-state index is 5.54. The van der Waals surface area contributed by atoms with Gasteiger partial charge in [0.2, 0.25) is 5.89 Å². The third-order valence-corrected chi connectivity index (χ3v) is 1.91. The standard InChI is InChI=1S/C9H15ClN2O3/c1-13-6-7-14-5-3-8-11-9(2-4-10)15-12-8/h2-7H2,1H3. The maximum atomic E-state index is 5.54. The fourth-order valence-corrected chi connectivity index (χ4v) is 1.14. The van der Waals surface area contributed by atoms with Gasteiger partial charge in [-0.25, -0.2) is 0 Å². The average Bonchev–Trinajstić information content (AvgIpc) is 2.66. The molecule has 6 heteroatoms. The zero-order valence-electron chi connectivity index (χ0n) is 8.74. The van der Waals surface area contributed by atoms with Crippen molar-refractivity contribution in [2.45, 2.75) is 12.8 Å². The largest absolute Gasteiger partial charge is 0.382 e. The lowest BCUT2D eigenvalue weighted by Crippen LogP contribution is -2.05. The Kier molecular flexibility index (Phi) is 6.31. The van der Waals surface area contributed by atoms with Crippen molar-refractivity contribution in [3.63, 3.8) is 0 Å². The highest BCUT2D eigenvalue weighted by Gasteiger charge is 2.04. The molecule has 0 aliphatic heterocycles. The van der Waals surface area contributed by atoms with Crippen LogP contribution in [0.5, 0.6) is 0 Å². The molecule has 1 aromatic rings. The third-order valence-electron chi connectivity index (χ3n) is 1.72. The van der Waals surface area contributed by atoms with Crippen LogP contribution in [0.1, 0.15) is 11.7 Å². The van der Waals surface area contributed by atoms with Gasteiger partial charge in [-0.1, -0.05) is 5.16 Å². The first-order valence-electron chi connectivity index (χ1n) is 4.81. The van der Waals surface area contributed by atoms with Crippen LogP contribution in [-0.2, 0) is 22.3 Å². The number of halogens is 1. The molecule has 0 saturated carbocycles. The van der Waals surface area contributed by atoms with Crippen LogP contribution in [0, 0.1) is 0 Å². The molecule has 0 unspecified atom stereocenters. The summed E-state index contributed by atoms with van der Waals surface area (Å²) in [6, 6.07) is 0. The molecule has 86 valence electrons. The van der Waals surface area contributed by atoms with Gasteiger partial charge in [0.05, 0.1) is 19.8 Å². The molecule has 0 aliphatic rings. The molecular formula is C9H15ClN2O3. The van der Waals surface area contributed by atoms with Crippen molar-refractivity contribution < 1.29 is 14.0 Å². The van der Waals surface area contributed by atoms with Gasteiger partial charge in [-0.3, -0.25) is 0 Å². The second-order valence-corrected chi connectivity index (χ2v) is 3.28. The van der Waals surface area contributed by atoms with Gasteiger partial charge in [-0.15, -0.1) is 11.6 Å². The van der Waals surface area contributed by atoms with E-state index in [1.54, 1.807) is 7.11 Å². The van der Waals surface area contributed by atoms with Crippen LogP contribution in [0.25, 0.3) is 0 Å². The van der Waals surface area contributed by atoms with Crippen molar-refractivity contribution in [1.29, 1.82) is 0 Å². The van der Waals surface area contributed by atoms with Gasteiger partial charge in [0.15, 0.2) is 5.82 Å². The monoisotopic (exact) mass is 234 g/mol. The number of alkyl halides is 1. The van der Waals surface area contributed by atoms with Gasteiger partial charge in [0, 0.05) is 25.8 Å². The first-order chi connectivity index (χ1) is 7.36. The quantitative estimate of drug-likeness (QED) is 0.497. The van der Waals surface area contributed by atoms with Gasteiger partial charge < -0.3 is 14.0 Å². The molecule has 0 aromatic carbocycles. The highest BCUT2D eigenvalue weighted by Crippen LogP contribution is 2.00. The Bertz CT molecular complexity index is 268. The molecule has 0 aliphatic carbocycles. The number of rotatable bonds is 8. The van der Waals surface area contributed by atoms with E-state index in [0.717, 1.165) is 0 Å². The summed E-state index contributed by atoms with van der Waals surface area (Å²) in [5.74, 6) is 1.73. The fourth-order valence-electron chi connectivity index (χ4n) is 0.982. The van der Waals surface area contributed by atoms with E-state index in [4.69, 9.17) is 25.6 Å². The zero-order chi connectivity index (χ0) is 10.9. The Morgan fingerprint density at radius 2 is 2.13 bits per heavy atom. The number of hydrogen-bond acceptors (Lipinski definition) is 5. The van der Waals surface area contributed by atoms with E-state index in [0.29, 0.717) is 50.3 Å². The number of aryl methyl sites for hydroxylation is 1. The summed E-state index contributed by atoms with van der Waals surface area (Å²) in [5.41, 5.74) is 0. The highest BCUT2D eigenvalue weighted by atomic mass is 35.5. The summed E-state index contributed by atoms with van der Waals surface area (Å²) in [6.07, 6.45) is 1.26. The summed E-state index contributed by atoms with van der Waals surface area (Å²) in [5, 5.41) is 3.80. The van der Waals surface area contributed by atoms with Crippen molar-refractivity contribution in [3.05, 3.63) is 11.7 Å². The van der Waals surface area contributed by atoms with Crippen molar-refractivity contribution in [2.24, 2.45) is 0 Å². The molecule has 0 saturated heterocycles. The minimum atomic E-state index is 0.492. The Morgan fingerprint density at radius 1 is 1.27 bits per heavy atom. The first kappa shape index (κ1) is 12.4. The summed E-state index contributed by atoms with van der Waals surface area (Å²) >= 11 is 5.54. The predicted octanol–water partition coefficient (Wildman–Crippen LogP) is 1.06. The van der Waals surface area contributed by atoms with E-state index in [-0.39, 0.29) is 0 Å². The minimum absolute atomic E-state index is 0.492. The summed E-state index contributed by atoms with van der Waals surface area (Å²) in [4.78, 5) is 4.14. The average molecular weight is 235 g/mol. The van der Waals surface area contributed by atoms with Crippen LogP contribution >= 0.6 is 11.6 Å². The lowest BCUT2D eigenvalue weighted by atomic mass is 10.4. The second-order valence-electron chi connectivity index (χ2n) is 2.90. The molecule has 0 spiro atoms. The van der Waals surface area contributed by atoms with Gasteiger partial charge >= 0.3 is 0 Å². The normalized spacial score (nSPS) is 10.8. The van der Waals surface area contributed by atoms with Crippen LogP contribution in [0.4, 0.5) is 0 Å². The van der Waals surface area contributed by atoms with Crippen LogP contribution in [-0.4, -0.2) is 43.0 Å². The van der Waals surface area contributed by atoms with E-state index in [9.17, 15) is 0 Å². The van der Waals surface area contributed by atoms with E-state index in [2.05, 4.69) is 10.1 Å². The zero-order valence-corrected chi connectivity index (χ0v) is 9.50. The molecule has 1 rings (SSSR count). The van der Waals surface area contributed by atoms with E-state index < -0.39 is 0 Å². The lowest BCUT2D eigenvalue weighted by molar-refractivity contribution is 0.0714. The summed E-state index contributed by atoms with van der Waals surface area (Å²) in [7, 11) is 1.64. The van der Waals surface area contributed by atoms with Gasteiger partial charge in [0.1, 0.15) is 0 Å². The number of nitrogens with zero attached hydrogens (tertiary/aromatic N) is 2. The second kappa shape index (κ2) is 7.62. The van der Waals surface area contributed by atoms with Crippen molar-refractivity contribution in [1.82, 2.24) is 10.1 Å². The Hall–Kier alpha value is -0.650. The van der Waals surface area contributed by atoms with Crippen molar-refractivity contribution in [2.75, 3.05) is 32.8 Å². The molecule has 0 fully saturated rings. The van der Waals surface area contributed by atoms with Gasteiger partial charge in [0.25, 0.3) is 0 Å². The van der Waals surface area contributed by atoms with E-state index in [1.807, 2.05) is 0 Å². The Balaban J connectivity index is 2.14. The van der Waals surface area contributed by atoms with E-state index in [1.165, 1.54) is 0 Å². The number of ether oxygens (including phenoxy) is 2. The molecule has 0 bridgehead atoms. The molecule has 0 radical (unpaired) electrons. The lowest BCUT2D eigenvalue weighted by Gasteiger charge is -1.99. The number of hydrogen-bond donors (Lipinski definition) is 0. The fraction of sp³-hybridized carbons (Fsp3) is 0.778. The molecule has 1 heterocycles. The topological polar surface area (TPSA) is 57.4 Å². The molecule has 0 N–H and O–H groups in total. The van der Waals surface area contributed by atoms with E-state index >= 15 is 0 Å². The molecular weight excluding hydrogens is 220 g/mol. The third kappa shape index (κ3) is 5.11. The van der Waals surface area contributed by atoms with Crippen LogP contribution < -0.4 is 0 Å². The van der Waals surface area contributed by atoms with Crippen molar-refractivity contribution >= 4 is 11.6 Å². The minimum Gasteiger partial charge on any atom is -0.382 e. The highest BCUT2D eigenvalue weighted by molar-refractivity contribution is 6.17. The Morgan fingerprint density at radius 3 is 2.87 bits per heavy atom. The van der Waals surface area contributed by atoms with Gasteiger partial charge in [-0.2, -0.15) is 4.98 Å². The molecule has 5 nitrogen and oxygen atoms in total. The smallest absolute Gasteiger partial charge is 0.227 e. The molecule has 1 aromatic heterocycles. The van der Waals surface area contributed by atoms with Gasteiger partial charge in [-0.05, 0) is 0 Å². The first-order valence-corrected chi connectivity index (χ1v) is 5.34.